The van der Waals surface area contributed by atoms with E-state index in [1.807, 2.05) is 6.07 Å². The molecule has 2 aromatic rings. The van der Waals surface area contributed by atoms with Crippen LogP contribution in [0.3, 0.4) is 0 Å². The van der Waals surface area contributed by atoms with Crippen molar-refractivity contribution in [3.63, 3.8) is 0 Å². The zero-order valence-electron chi connectivity index (χ0n) is 18.3. The van der Waals surface area contributed by atoms with Gasteiger partial charge in [0, 0.05) is 31.2 Å². The van der Waals surface area contributed by atoms with Crippen molar-refractivity contribution in [2.75, 3.05) is 32.0 Å². The normalized spacial score (nSPS) is 20.5. The number of anilines is 1. The van der Waals surface area contributed by atoms with E-state index in [0.717, 1.165) is 32.1 Å². The first-order valence-corrected chi connectivity index (χ1v) is 11.0. The summed E-state index contributed by atoms with van der Waals surface area (Å²) < 4.78 is 41.7. The second kappa shape index (κ2) is 9.45. The van der Waals surface area contributed by atoms with E-state index in [2.05, 4.69) is 25.6 Å². The molecular weight excluding hydrogens is 431 g/mol. The van der Waals surface area contributed by atoms with E-state index in [9.17, 15) is 18.4 Å². The third-order valence-electron chi connectivity index (χ3n) is 6.57. The number of benzene rings is 1. The van der Waals surface area contributed by atoms with E-state index in [1.54, 1.807) is 13.1 Å². The van der Waals surface area contributed by atoms with E-state index < -0.39 is 11.7 Å². The van der Waals surface area contributed by atoms with Gasteiger partial charge in [-0.2, -0.15) is 23.5 Å². The highest BCUT2D eigenvalue weighted by Gasteiger charge is 2.37. The first-order chi connectivity index (χ1) is 15.9. The van der Waals surface area contributed by atoms with Gasteiger partial charge in [0.1, 0.15) is 11.8 Å². The van der Waals surface area contributed by atoms with Crippen molar-refractivity contribution < 1.29 is 13.2 Å². The standard InChI is InChI=1S/C23H26F3N7/c1-29-19-11-18(31-20(12-27)22(19)32-28)15-7-6-14(16(10-15)23(24,25)26)4-2-8-33-9-3-5-17-21(33)13-30-17/h6-7,10-11,17,21,28,30H,2-5,8-9,13H2,1H3,(H,29,31). The topological polar surface area (TPSA) is 100 Å². The largest absolute Gasteiger partial charge is 0.416 e. The van der Waals surface area contributed by atoms with E-state index in [-0.39, 0.29) is 28.2 Å². The molecule has 1 aromatic carbocycles. The van der Waals surface area contributed by atoms with Crippen molar-refractivity contribution in [3.8, 4) is 17.3 Å². The van der Waals surface area contributed by atoms with Crippen LogP contribution >= 0.6 is 0 Å². The molecule has 3 heterocycles. The number of nitrogens with zero attached hydrogens (tertiary/aromatic N) is 4. The number of halogens is 3. The van der Waals surface area contributed by atoms with Gasteiger partial charge in [0.15, 0.2) is 5.69 Å². The molecule has 0 amide bonds. The molecule has 2 saturated heterocycles. The highest BCUT2D eigenvalue weighted by atomic mass is 19.4. The van der Waals surface area contributed by atoms with Gasteiger partial charge in [-0.05, 0) is 56.5 Å². The number of pyridine rings is 1. The Kier molecular flexibility index (Phi) is 6.63. The first-order valence-electron chi connectivity index (χ1n) is 11.0. The number of aromatic nitrogens is 1. The van der Waals surface area contributed by atoms with Crippen LogP contribution < -0.4 is 10.6 Å². The number of alkyl halides is 3. The van der Waals surface area contributed by atoms with Crippen LogP contribution in [0, 0.1) is 16.9 Å². The summed E-state index contributed by atoms with van der Waals surface area (Å²) in [7, 11) is 1.59. The second-order valence-corrected chi connectivity index (χ2v) is 8.46. The van der Waals surface area contributed by atoms with Crippen LogP contribution in [0.25, 0.3) is 11.3 Å². The van der Waals surface area contributed by atoms with Crippen LogP contribution in [-0.4, -0.2) is 48.6 Å². The van der Waals surface area contributed by atoms with Crippen molar-refractivity contribution >= 4 is 11.4 Å². The lowest BCUT2D eigenvalue weighted by Crippen LogP contribution is -2.67. The minimum Gasteiger partial charge on any atom is -0.386 e. The van der Waals surface area contributed by atoms with E-state index in [4.69, 9.17) is 5.53 Å². The maximum atomic E-state index is 13.9. The predicted octanol–water partition coefficient (Wildman–Crippen LogP) is 4.71. The van der Waals surface area contributed by atoms with Crippen LogP contribution in [0.15, 0.2) is 29.4 Å². The molecular formula is C23H26F3N7. The molecule has 0 radical (unpaired) electrons. The molecule has 7 nitrogen and oxygen atoms in total. The van der Waals surface area contributed by atoms with Crippen LogP contribution in [0.4, 0.5) is 24.5 Å². The maximum absolute atomic E-state index is 13.9. The molecule has 0 aliphatic carbocycles. The lowest BCUT2D eigenvalue weighted by molar-refractivity contribution is -0.138. The molecule has 0 spiro atoms. The van der Waals surface area contributed by atoms with Gasteiger partial charge in [0.2, 0.25) is 0 Å². The Morgan fingerprint density at radius 1 is 1.36 bits per heavy atom. The Labute approximate surface area is 190 Å². The number of nitrogens with one attached hydrogen (secondary N) is 3. The van der Waals surface area contributed by atoms with Crippen molar-refractivity contribution in [2.45, 2.75) is 43.9 Å². The number of hydrogen-bond donors (Lipinski definition) is 3. The van der Waals surface area contributed by atoms with Gasteiger partial charge in [0.25, 0.3) is 0 Å². The smallest absolute Gasteiger partial charge is 0.386 e. The average Bonchev–Trinajstić information content (AvgIpc) is 2.78. The molecule has 10 heteroatoms. The molecule has 4 rings (SSSR count). The number of nitriles is 1. The fourth-order valence-electron chi connectivity index (χ4n) is 4.78. The summed E-state index contributed by atoms with van der Waals surface area (Å²) in [6.45, 7) is 2.76. The highest BCUT2D eigenvalue weighted by molar-refractivity contribution is 5.76. The summed E-state index contributed by atoms with van der Waals surface area (Å²) in [6.07, 6.45) is -1.21. The van der Waals surface area contributed by atoms with Crippen LogP contribution in [0.2, 0.25) is 0 Å². The molecule has 2 aliphatic heterocycles. The quantitative estimate of drug-likeness (QED) is 0.523. The SMILES string of the molecule is CNc1cc(-c2ccc(CCCN3CCCC4NCC43)c(C(F)(F)F)c2)nc(C#N)c1N=N. The Bertz CT molecular complexity index is 1080. The van der Waals surface area contributed by atoms with Crippen molar-refractivity contribution in [2.24, 2.45) is 5.11 Å². The van der Waals surface area contributed by atoms with Crippen molar-refractivity contribution in [3.05, 3.63) is 41.1 Å². The molecule has 2 unspecified atom stereocenters. The zero-order chi connectivity index (χ0) is 23.6. The monoisotopic (exact) mass is 457 g/mol. The van der Waals surface area contributed by atoms with Gasteiger partial charge in [-0.15, -0.1) is 0 Å². The summed E-state index contributed by atoms with van der Waals surface area (Å²) in [5.41, 5.74) is 7.61. The minimum atomic E-state index is -4.50. The van der Waals surface area contributed by atoms with Gasteiger partial charge in [-0.3, -0.25) is 4.90 Å². The summed E-state index contributed by atoms with van der Waals surface area (Å²) in [5.74, 6) is 0. The minimum absolute atomic E-state index is 0.0537. The maximum Gasteiger partial charge on any atom is 0.416 e. The summed E-state index contributed by atoms with van der Waals surface area (Å²) in [5, 5.41) is 18.9. The third kappa shape index (κ3) is 4.70. The van der Waals surface area contributed by atoms with Gasteiger partial charge >= 0.3 is 6.18 Å². The van der Waals surface area contributed by atoms with E-state index in [1.165, 1.54) is 18.6 Å². The number of hydrogen-bond acceptors (Lipinski definition) is 7. The molecule has 1 aromatic heterocycles. The molecule has 0 bridgehead atoms. The van der Waals surface area contributed by atoms with Gasteiger partial charge < -0.3 is 10.6 Å². The summed E-state index contributed by atoms with van der Waals surface area (Å²) in [6, 6.07) is 8.64. The Balaban J connectivity index is 1.57. The first kappa shape index (κ1) is 23.1. The second-order valence-electron chi connectivity index (χ2n) is 8.46. The van der Waals surface area contributed by atoms with Crippen LogP contribution in [-0.2, 0) is 12.6 Å². The average molecular weight is 458 g/mol. The van der Waals surface area contributed by atoms with E-state index >= 15 is 0 Å². The molecule has 2 fully saturated rings. The lowest BCUT2D eigenvalue weighted by Gasteiger charge is -2.49. The molecule has 2 aliphatic rings. The number of likely N-dealkylation sites (tertiary alicyclic amines) is 1. The molecule has 174 valence electrons. The number of aryl methyl sites for hydroxylation is 1. The Morgan fingerprint density at radius 3 is 2.82 bits per heavy atom. The van der Waals surface area contributed by atoms with Gasteiger partial charge in [-0.25, -0.2) is 10.5 Å². The summed E-state index contributed by atoms with van der Waals surface area (Å²) in [4.78, 5) is 6.54. The van der Waals surface area contributed by atoms with E-state index in [0.29, 0.717) is 30.6 Å². The third-order valence-corrected chi connectivity index (χ3v) is 6.57. The number of fused-ring (bicyclic) bond motifs is 1. The fourth-order valence-corrected chi connectivity index (χ4v) is 4.78. The predicted molar refractivity (Wildman–Crippen MR) is 118 cm³/mol. The Hall–Kier alpha value is -3.03. The molecule has 3 N–H and O–H groups in total. The van der Waals surface area contributed by atoms with Gasteiger partial charge in [-0.1, -0.05) is 12.1 Å². The highest BCUT2D eigenvalue weighted by Crippen LogP contribution is 2.37. The van der Waals surface area contributed by atoms with Crippen LogP contribution in [0.1, 0.15) is 36.1 Å². The lowest BCUT2D eigenvalue weighted by atomic mass is 9.89. The van der Waals surface area contributed by atoms with Gasteiger partial charge in [0.05, 0.1) is 16.9 Å². The zero-order valence-corrected chi connectivity index (χ0v) is 18.3. The van der Waals surface area contributed by atoms with Crippen molar-refractivity contribution in [1.82, 2.24) is 15.2 Å². The molecule has 33 heavy (non-hydrogen) atoms. The number of rotatable bonds is 7. The van der Waals surface area contributed by atoms with Crippen LogP contribution in [0.5, 0.6) is 0 Å². The summed E-state index contributed by atoms with van der Waals surface area (Å²) >= 11 is 0. The number of piperidine rings is 1. The molecule has 0 saturated carbocycles. The fraction of sp³-hybridized carbons (Fsp3) is 0.478. The van der Waals surface area contributed by atoms with Crippen molar-refractivity contribution in [1.29, 1.82) is 10.8 Å². The molecule has 2 atom stereocenters. The Morgan fingerprint density at radius 2 is 2.18 bits per heavy atom.